The van der Waals surface area contributed by atoms with Crippen molar-refractivity contribution in [1.29, 1.82) is 0 Å². The Morgan fingerprint density at radius 3 is 2.67 bits per heavy atom. The first-order valence-corrected chi connectivity index (χ1v) is 8.78. The van der Waals surface area contributed by atoms with E-state index >= 15 is 0 Å². The molecule has 1 aliphatic rings. The van der Waals surface area contributed by atoms with Gasteiger partial charge in [0.15, 0.2) is 5.65 Å². The summed E-state index contributed by atoms with van der Waals surface area (Å²) in [5, 5.41) is 5.62. The SMILES string of the molecule is Cc1ccccc1-c1ncnc2c1cnn2CCN1CCCCC1. The predicted octanol–water partition coefficient (Wildman–Crippen LogP) is 3.29. The van der Waals surface area contributed by atoms with E-state index in [-0.39, 0.29) is 0 Å². The molecule has 0 N–H and O–H groups in total. The molecule has 5 heteroatoms. The largest absolute Gasteiger partial charge is 0.301 e. The van der Waals surface area contributed by atoms with Crippen molar-refractivity contribution in [3.8, 4) is 11.3 Å². The molecule has 0 saturated carbocycles. The van der Waals surface area contributed by atoms with Gasteiger partial charge >= 0.3 is 0 Å². The van der Waals surface area contributed by atoms with Crippen LogP contribution in [0, 0.1) is 6.92 Å². The lowest BCUT2D eigenvalue weighted by atomic mass is 10.0. The first kappa shape index (κ1) is 15.3. The normalized spacial score (nSPS) is 15.9. The minimum Gasteiger partial charge on any atom is -0.301 e. The molecule has 1 aromatic carbocycles. The summed E-state index contributed by atoms with van der Waals surface area (Å²) < 4.78 is 2.02. The van der Waals surface area contributed by atoms with Crippen molar-refractivity contribution >= 4 is 11.0 Å². The maximum absolute atomic E-state index is 4.58. The first-order chi connectivity index (χ1) is 11.8. The minimum atomic E-state index is 0.883. The number of benzene rings is 1. The molecular formula is C19H23N5. The van der Waals surface area contributed by atoms with E-state index in [0.29, 0.717) is 0 Å². The highest BCUT2D eigenvalue weighted by molar-refractivity contribution is 5.90. The van der Waals surface area contributed by atoms with Gasteiger partial charge in [-0.2, -0.15) is 5.10 Å². The fourth-order valence-corrected chi connectivity index (χ4v) is 3.53. The second-order valence-electron chi connectivity index (χ2n) is 6.54. The van der Waals surface area contributed by atoms with Crippen molar-refractivity contribution in [1.82, 2.24) is 24.6 Å². The van der Waals surface area contributed by atoms with Crippen LogP contribution in [0.4, 0.5) is 0 Å². The summed E-state index contributed by atoms with van der Waals surface area (Å²) in [6.45, 7) is 6.46. The number of piperidine rings is 1. The zero-order chi connectivity index (χ0) is 16.4. The number of hydrogen-bond donors (Lipinski definition) is 0. The molecule has 0 radical (unpaired) electrons. The smallest absolute Gasteiger partial charge is 0.161 e. The van der Waals surface area contributed by atoms with Gasteiger partial charge in [0, 0.05) is 12.1 Å². The lowest BCUT2D eigenvalue weighted by molar-refractivity contribution is 0.219. The van der Waals surface area contributed by atoms with Crippen LogP contribution in [0.1, 0.15) is 24.8 Å². The Morgan fingerprint density at radius 2 is 1.83 bits per heavy atom. The maximum Gasteiger partial charge on any atom is 0.161 e. The molecule has 24 heavy (non-hydrogen) atoms. The third-order valence-corrected chi connectivity index (χ3v) is 4.91. The second-order valence-corrected chi connectivity index (χ2v) is 6.54. The van der Waals surface area contributed by atoms with Crippen LogP contribution in [-0.4, -0.2) is 44.3 Å². The summed E-state index contributed by atoms with van der Waals surface area (Å²) in [6.07, 6.45) is 7.57. The van der Waals surface area contributed by atoms with E-state index in [1.54, 1.807) is 6.33 Å². The Labute approximate surface area is 142 Å². The molecule has 4 rings (SSSR count). The third kappa shape index (κ3) is 2.91. The van der Waals surface area contributed by atoms with Crippen LogP contribution in [-0.2, 0) is 6.54 Å². The van der Waals surface area contributed by atoms with E-state index < -0.39 is 0 Å². The number of fused-ring (bicyclic) bond motifs is 1. The van der Waals surface area contributed by atoms with E-state index in [0.717, 1.165) is 35.4 Å². The average molecular weight is 321 g/mol. The van der Waals surface area contributed by atoms with E-state index in [4.69, 9.17) is 0 Å². The Kier molecular flexibility index (Phi) is 4.26. The lowest BCUT2D eigenvalue weighted by Crippen LogP contribution is -2.32. The summed E-state index contributed by atoms with van der Waals surface area (Å²) in [6, 6.07) is 8.34. The molecule has 2 aromatic heterocycles. The number of nitrogens with zero attached hydrogens (tertiary/aromatic N) is 5. The zero-order valence-corrected chi connectivity index (χ0v) is 14.1. The summed E-state index contributed by atoms with van der Waals surface area (Å²) in [4.78, 5) is 11.5. The highest BCUT2D eigenvalue weighted by Crippen LogP contribution is 2.27. The highest BCUT2D eigenvalue weighted by atomic mass is 15.3. The van der Waals surface area contributed by atoms with Gasteiger partial charge < -0.3 is 4.90 Å². The lowest BCUT2D eigenvalue weighted by Gasteiger charge is -2.26. The van der Waals surface area contributed by atoms with Gasteiger partial charge in [-0.15, -0.1) is 0 Å². The zero-order valence-electron chi connectivity index (χ0n) is 14.1. The van der Waals surface area contributed by atoms with Gasteiger partial charge in [0.25, 0.3) is 0 Å². The number of aromatic nitrogens is 4. The van der Waals surface area contributed by atoms with Crippen LogP contribution in [0.5, 0.6) is 0 Å². The van der Waals surface area contributed by atoms with Crippen molar-refractivity contribution in [2.24, 2.45) is 0 Å². The van der Waals surface area contributed by atoms with Crippen molar-refractivity contribution in [2.45, 2.75) is 32.7 Å². The molecule has 0 spiro atoms. The molecule has 124 valence electrons. The van der Waals surface area contributed by atoms with Crippen molar-refractivity contribution in [2.75, 3.05) is 19.6 Å². The van der Waals surface area contributed by atoms with Crippen LogP contribution < -0.4 is 0 Å². The monoisotopic (exact) mass is 321 g/mol. The van der Waals surface area contributed by atoms with Gasteiger partial charge in [0.05, 0.1) is 23.8 Å². The molecule has 3 aromatic rings. The number of hydrogen-bond acceptors (Lipinski definition) is 4. The molecule has 1 aliphatic heterocycles. The molecule has 3 heterocycles. The molecule has 0 bridgehead atoms. The van der Waals surface area contributed by atoms with Gasteiger partial charge in [-0.3, -0.25) is 0 Å². The quantitative estimate of drug-likeness (QED) is 0.740. The Bertz CT molecular complexity index is 833. The molecule has 0 aliphatic carbocycles. The summed E-state index contributed by atoms with van der Waals surface area (Å²) >= 11 is 0. The Balaban J connectivity index is 1.63. The summed E-state index contributed by atoms with van der Waals surface area (Å²) in [7, 11) is 0. The van der Waals surface area contributed by atoms with Gasteiger partial charge in [-0.1, -0.05) is 30.7 Å². The molecule has 0 atom stereocenters. The van der Waals surface area contributed by atoms with E-state index in [2.05, 4.69) is 51.2 Å². The third-order valence-electron chi connectivity index (χ3n) is 4.91. The van der Waals surface area contributed by atoms with Gasteiger partial charge in [-0.25, -0.2) is 14.6 Å². The Morgan fingerprint density at radius 1 is 1.00 bits per heavy atom. The molecule has 1 fully saturated rings. The summed E-state index contributed by atoms with van der Waals surface area (Å²) in [5.74, 6) is 0. The van der Waals surface area contributed by atoms with Crippen molar-refractivity contribution in [3.63, 3.8) is 0 Å². The van der Waals surface area contributed by atoms with Crippen LogP contribution in [0.15, 0.2) is 36.8 Å². The molecule has 0 unspecified atom stereocenters. The number of aryl methyl sites for hydroxylation is 1. The highest BCUT2D eigenvalue weighted by Gasteiger charge is 2.14. The fraction of sp³-hybridized carbons (Fsp3) is 0.421. The summed E-state index contributed by atoms with van der Waals surface area (Å²) in [5.41, 5.74) is 4.28. The van der Waals surface area contributed by atoms with Crippen LogP contribution >= 0.6 is 0 Å². The number of likely N-dealkylation sites (tertiary alicyclic amines) is 1. The maximum atomic E-state index is 4.58. The molecular weight excluding hydrogens is 298 g/mol. The Hall–Kier alpha value is -2.27. The van der Waals surface area contributed by atoms with Gasteiger partial charge in [-0.05, 0) is 38.4 Å². The molecule has 0 amide bonds. The standard InChI is InChI=1S/C19H23N5/c1-15-7-3-4-8-16(15)18-17-13-22-24(19(17)21-14-20-18)12-11-23-9-5-2-6-10-23/h3-4,7-8,13-14H,2,5-6,9-12H2,1H3. The van der Waals surface area contributed by atoms with Crippen LogP contribution in [0.2, 0.25) is 0 Å². The number of rotatable bonds is 4. The minimum absolute atomic E-state index is 0.883. The van der Waals surface area contributed by atoms with Crippen molar-refractivity contribution in [3.05, 3.63) is 42.4 Å². The van der Waals surface area contributed by atoms with Crippen LogP contribution in [0.25, 0.3) is 22.3 Å². The van der Waals surface area contributed by atoms with E-state index in [1.165, 1.54) is 37.9 Å². The molecule has 1 saturated heterocycles. The predicted molar refractivity (Wildman–Crippen MR) is 95.8 cm³/mol. The van der Waals surface area contributed by atoms with Gasteiger partial charge in [0.2, 0.25) is 0 Å². The van der Waals surface area contributed by atoms with Gasteiger partial charge in [0.1, 0.15) is 6.33 Å². The first-order valence-electron chi connectivity index (χ1n) is 8.78. The van der Waals surface area contributed by atoms with Crippen LogP contribution in [0.3, 0.4) is 0 Å². The molecule has 5 nitrogen and oxygen atoms in total. The van der Waals surface area contributed by atoms with E-state index in [9.17, 15) is 0 Å². The second kappa shape index (κ2) is 6.69. The van der Waals surface area contributed by atoms with Crippen molar-refractivity contribution < 1.29 is 0 Å². The average Bonchev–Trinajstić information content (AvgIpc) is 3.05. The fourth-order valence-electron chi connectivity index (χ4n) is 3.53. The topological polar surface area (TPSA) is 46.8 Å². The van der Waals surface area contributed by atoms with E-state index in [1.807, 2.05) is 10.9 Å².